The van der Waals surface area contributed by atoms with Crippen LogP contribution in [0.15, 0.2) is 36.7 Å². The Morgan fingerprint density at radius 3 is 2.71 bits per heavy atom. The molecule has 9 nitrogen and oxygen atoms in total. The van der Waals surface area contributed by atoms with Gasteiger partial charge in [0.25, 0.3) is 5.91 Å². The van der Waals surface area contributed by atoms with Gasteiger partial charge < -0.3 is 10.2 Å². The molecule has 1 saturated heterocycles. The lowest BCUT2D eigenvalue weighted by Crippen LogP contribution is -2.38. The molecule has 2 aromatic heterocycles. The number of H-pyrrole nitrogens is 1. The number of amides is 1. The van der Waals surface area contributed by atoms with Crippen LogP contribution in [0.5, 0.6) is 0 Å². The first-order valence-electron chi connectivity index (χ1n) is 9.38. The summed E-state index contributed by atoms with van der Waals surface area (Å²) < 4.78 is 0. The highest BCUT2D eigenvalue weighted by atomic mass is 16.5. The van der Waals surface area contributed by atoms with E-state index in [0.717, 1.165) is 50.2 Å². The van der Waals surface area contributed by atoms with Gasteiger partial charge in [-0.15, -0.1) is 0 Å². The van der Waals surface area contributed by atoms with Crippen molar-refractivity contribution in [2.24, 2.45) is 5.92 Å². The van der Waals surface area contributed by atoms with Crippen LogP contribution < -0.4 is 15.7 Å². The molecule has 0 aliphatic carbocycles. The molecule has 4 rings (SSSR count). The number of fused-ring (bicyclic) bond motifs is 1. The number of anilines is 1. The molecule has 1 aliphatic rings. The molecule has 0 bridgehead atoms. The summed E-state index contributed by atoms with van der Waals surface area (Å²) in [6.45, 7) is 3.49. The molecule has 1 fully saturated rings. The summed E-state index contributed by atoms with van der Waals surface area (Å²) in [7, 11) is 0. The van der Waals surface area contributed by atoms with Gasteiger partial charge in [0.15, 0.2) is 0 Å². The molecule has 3 heterocycles. The van der Waals surface area contributed by atoms with Crippen LogP contribution in [-0.4, -0.2) is 50.9 Å². The summed E-state index contributed by atoms with van der Waals surface area (Å²) >= 11 is 0. The maximum atomic E-state index is 11.3. The number of aromatic nitrogens is 4. The minimum Gasteiger partial charge on any atom is -0.341 e. The van der Waals surface area contributed by atoms with E-state index in [9.17, 15) is 4.79 Å². The van der Waals surface area contributed by atoms with Crippen molar-refractivity contribution in [1.29, 1.82) is 0 Å². The molecule has 1 aliphatic heterocycles. The van der Waals surface area contributed by atoms with Gasteiger partial charge in [-0.1, -0.05) is 18.2 Å². The maximum absolute atomic E-state index is 11.3. The molecule has 4 N–H and O–H groups in total. The second-order valence-corrected chi connectivity index (χ2v) is 6.99. The van der Waals surface area contributed by atoms with Crippen molar-refractivity contribution >= 4 is 22.8 Å². The highest BCUT2D eigenvalue weighted by molar-refractivity contribution is 5.92. The van der Waals surface area contributed by atoms with Crippen LogP contribution in [0.2, 0.25) is 0 Å². The second-order valence-electron chi connectivity index (χ2n) is 6.99. The van der Waals surface area contributed by atoms with Crippen molar-refractivity contribution in [1.82, 2.24) is 31.0 Å². The average molecular weight is 381 g/mol. The number of carbonyl (C=O) groups is 1. The van der Waals surface area contributed by atoms with Gasteiger partial charge in [-0.25, -0.2) is 15.4 Å². The van der Waals surface area contributed by atoms with Crippen LogP contribution >= 0.6 is 0 Å². The fourth-order valence-corrected chi connectivity index (χ4v) is 3.55. The Kier molecular flexibility index (Phi) is 5.45. The molecule has 1 amide bonds. The van der Waals surface area contributed by atoms with Crippen LogP contribution in [0.1, 0.15) is 28.9 Å². The summed E-state index contributed by atoms with van der Waals surface area (Å²) in [5.74, 6) is 0.607. The summed E-state index contributed by atoms with van der Waals surface area (Å²) in [5, 5.41) is 20.8. The van der Waals surface area contributed by atoms with Gasteiger partial charge in [-0.05, 0) is 31.4 Å². The zero-order valence-electron chi connectivity index (χ0n) is 15.4. The van der Waals surface area contributed by atoms with Crippen LogP contribution in [-0.2, 0) is 6.54 Å². The number of piperidine rings is 1. The van der Waals surface area contributed by atoms with E-state index in [1.165, 1.54) is 17.8 Å². The largest absolute Gasteiger partial charge is 0.341 e. The third-order valence-electron chi connectivity index (χ3n) is 5.17. The lowest BCUT2D eigenvalue weighted by atomic mass is 9.97. The van der Waals surface area contributed by atoms with Crippen LogP contribution in [0, 0.1) is 5.92 Å². The number of nitrogens with one attached hydrogen (secondary N) is 3. The van der Waals surface area contributed by atoms with E-state index in [1.54, 1.807) is 5.48 Å². The normalized spacial score (nSPS) is 15.1. The maximum Gasteiger partial charge on any atom is 0.277 e. The lowest BCUT2D eigenvalue weighted by molar-refractivity contribution is 0.0705. The van der Waals surface area contributed by atoms with E-state index in [4.69, 9.17) is 5.21 Å². The fourth-order valence-electron chi connectivity index (χ4n) is 3.55. The van der Waals surface area contributed by atoms with Gasteiger partial charge in [0.05, 0.1) is 16.8 Å². The Hall–Kier alpha value is -3.04. The number of nitrogens with zero attached hydrogens (tertiary/aromatic N) is 4. The molecule has 1 aromatic carbocycles. The summed E-state index contributed by atoms with van der Waals surface area (Å²) in [6.07, 6.45) is 4.96. The Morgan fingerprint density at radius 1 is 1.21 bits per heavy atom. The Labute approximate surface area is 162 Å². The number of rotatable bonds is 6. The molecule has 0 atom stereocenters. The van der Waals surface area contributed by atoms with Gasteiger partial charge in [-0.2, -0.15) is 5.10 Å². The summed E-state index contributed by atoms with van der Waals surface area (Å²) in [6, 6.07) is 8.12. The number of hydrogen-bond acceptors (Lipinski definition) is 7. The molecule has 0 radical (unpaired) electrons. The minimum absolute atomic E-state index is 0.233. The van der Waals surface area contributed by atoms with Crippen molar-refractivity contribution in [3.8, 4) is 0 Å². The first-order chi connectivity index (χ1) is 13.7. The van der Waals surface area contributed by atoms with Crippen molar-refractivity contribution in [3.63, 3.8) is 0 Å². The second kappa shape index (κ2) is 8.32. The molecule has 3 aromatic rings. The Bertz CT molecular complexity index is 933. The Morgan fingerprint density at radius 2 is 1.96 bits per heavy atom. The Balaban J connectivity index is 1.25. The van der Waals surface area contributed by atoms with Crippen LogP contribution in [0.3, 0.4) is 0 Å². The minimum atomic E-state index is -0.610. The average Bonchev–Trinajstić information content (AvgIpc) is 3.17. The van der Waals surface area contributed by atoms with Gasteiger partial charge in [0.1, 0.15) is 0 Å². The number of hydrogen-bond donors (Lipinski definition) is 4. The van der Waals surface area contributed by atoms with Crippen LogP contribution in [0.25, 0.3) is 10.9 Å². The van der Waals surface area contributed by atoms with E-state index in [-0.39, 0.29) is 5.56 Å². The van der Waals surface area contributed by atoms with Crippen molar-refractivity contribution in [2.45, 2.75) is 19.4 Å². The number of benzene rings is 1. The molecule has 0 unspecified atom stereocenters. The molecule has 9 heteroatoms. The highest BCUT2D eigenvalue weighted by Crippen LogP contribution is 2.20. The smallest absolute Gasteiger partial charge is 0.277 e. The predicted octanol–water partition coefficient (Wildman–Crippen LogP) is 1.48. The molecular weight excluding hydrogens is 358 g/mol. The van der Waals surface area contributed by atoms with Crippen molar-refractivity contribution in [3.05, 3.63) is 47.9 Å². The molecule has 0 saturated carbocycles. The van der Waals surface area contributed by atoms with Crippen molar-refractivity contribution in [2.75, 3.05) is 24.5 Å². The quantitative estimate of drug-likeness (QED) is 0.377. The first-order valence-corrected chi connectivity index (χ1v) is 9.38. The summed E-state index contributed by atoms with van der Waals surface area (Å²) in [5.41, 5.74) is 3.93. The number of carbonyl (C=O) groups excluding carboxylic acids is 1. The van der Waals surface area contributed by atoms with Gasteiger partial charge >= 0.3 is 0 Å². The van der Waals surface area contributed by atoms with E-state index >= 15 is 0 Å². The van der Waals surface area contributed by atoms with Gasteiger partial charge in [0.2, 0.25) is 5.95 Å². The zero-order chi connectivity index (χ0) is 19.3. The van der Waals surface area contributed by atoms with E-state index < -0.39 is 5.91 Å². The van der Waals surface area contributed by atoms with Crippen molar-refractivity contribution < 1.29 is 10.0 Å². The van der Waals surface area contributed by atoms with E-state index in [2.05, 4.69) is 36.4 Å². The third kappa shape index (κ3) is 3.95. The van der Waals surface area contributed by atoms with E-state index in [0.29, 0.717) is 11.9 Å². The monoisotopic (exact) mass is 381 g/mol. The lowest BCUT2D eigenvalue weighted by Gasteiger charge is -2.32. The molecular formula is C19H23N7O2. The van der Waals surface area contributed by atoms with E-state index in [1.807, 2.05) is 18.2 Å². The summed E-state index contributed by atoms with van der Waals surface area (Å²) in [4.78, 5) is 21.9. The van der Waals surface area contributed by atoms with Crippen LogP contribution in [0.4, 0.5) is 5.95 Å². The number of aromatic amines is 1. The highest BCUT2D eigenvalue weighted by Gasteiger charge is 2.21. The third-order valence-corrected chi connectivity index (χ3v) is 5.17. The van der Waals surface area contributed by atoms with Gasteiger partial charge in [-0.3, -0.25) is 15.1 Å². The molecule has 0 spiro atoms. The number of hydroxylamine groups is 1. The predicted molar refractivity (Wildman–Crippen MR) is 104 cm³/mol. The molecule has 28 heavy (non-hydrogen) atoms. The standard InChI is InChI=1S/C19H23N7O2/c27-18(25-28)14-10-21-19(22-11-14)26-7-5-13(6-8-26)9-20-12-17-15-3-1-2-4-16(15)23-24-17/h1-4,10-11,13,20,28H,5-9,12H2,(H,23,24)(H,25,27). The topological polar surface area (TPSA) is 119 Å². The molecule has 146 valence electrons. The van der Waals surface area contributed by atoms with Gasteiger partial charge in [0, 0.05) is 37.4 Å². The SMILES string of the molecule is O=C(NO)c1cnc(N2CCC(CNCc3[nH]nc4ccccc34)CC2)nc1. The number of para-hydroxylation sites is 1. The first kappa shape index (κ1) is 18.3. The fraction of sp³-hybridized carbons (Fsp3) is 0.368. The zero-order valence-corrected chi connectivity index (χ0v) is 15.4.